The van der Waals surface area contributed by atoms with Crippen LogP contribution in [0, 0.1) is 17.6 Å². The summed E-state index contributed by atoms with van der Waals surface area (Å²) in [5, 5.41) is 5.45. The van der Waals surface area contributed by atoms with E-state index in [0.717, 1.165) is 36.8 Å². The van der Waals surface area contributed by atoms with Crippen molar-refractivity contribution in [2.75, 3.05) is 35.2 Å². The molecule has 1 aliphatic rings. The Morgan fingerprint density at radius 2 is 1.70 bits per heavy atom. The molecule has 144 valence electrons. The molecular weight excluding hydrogens is 348 g/mol. The minimum absolute atomic E-state index is 0.111. The van der Waals surface area contributed by atoms with Gasteiger partial charge in [0.1, 0.15) is 17.3 Å². The molecule has 0 spiro atoms. The molecule has 0 bridgehead atoms. The van der Waals surface area contributed by atoms with Gasteiger partial charge in [0.25, 0.3) is 0 Å². The Labute approximate surface area is 158 Å². The average molecular weight is 373 g/mol. The highest BCUT2D eigenvalue weighted by molar-refractivity contribution is 5.91. The summed E-state index contributed by atoms with van der Waals surface area (Å²) in [6.07, 6.45) is 2.55. The molecule has 3 rings (SSSR count). The lowest BCUT2D eigenvalue weighted by Gasteiger charge is -2.32. The van der Waals surface area contributed by atoms with E-state index in [1.165, 1.54) is 24.6 Å². The number of hydrogen-bond donors (Lipinski definition) is 2. The summed E-state index contributed by atoms with van der Waals surface area (Å²) >= 11 is 0. The lowest BCUT2D eigenvalue weighted by molar-refractivity contribution is -0.116. The molecule has 0 saturated carbocycles. The number of benzene rings is 2. The Morgan fingerprint density at radius 1 is 1.07 bits per heavy atom. The quantitative estimate of drug-likeness (QED) is 0.775. The Kier molecular flexibility index (Phi) is 6.27. The summed E-state index contributed by atoms with van der Waals surface area (Å²) < 4.78 is 27.1. The topological polar surface area (TPSA) is 44.4 Å². The largest absolute Gasteiger partial charge is 0.385 e. The van der Waals surface area contributed by atoms with Gasteiger partial charge in [0.15, 0.2) is 0 Å². The molecule has 0 radical (unpaired) electrons. The number of nitrogens with zero attached hydrogens (tertiary/aromatic N) is 1. The molecule has 2 N–H and O–H groups in total. The highest BCUT2D eigenvalue weighted by Gasteiger charge is 2.16. The van der Waals surface area contributed by atoms with E-state index in [4.69, 9.17) is 0 Å². The Morgan fingerprint density at radius 3 is 2.33 bits per heavy atom. The first-order valence-electron chi connectivity index (χ1n) is 9.35. The maximum Gasteiger partial charge on any atom is 0.226 e. The number of nitrogens with one attached hydrogen (secondary N) is 2. The van der Waals surface area contributed by atoms with Crippen LogP contribution >= 0.6 is 0 Å². The smallest absolute Gasteiger partial charge is 0.226 e. The highest BCUT2D eigenvalue weighted by Crippen LogP contribution is 2.24. The van der Waals surface area contributed by atoms with Gasteiger partial charge in [-0.05, 0) is 55.2 Å². The SMILES string of the molecule is CC1CCN(c2ccc(NCCC(=O)Nc3c(F)cccc3F)cc2)CC1. The van der Waals surface area contributed by atoms with E-state index in [9.17, 15) is 13.6 Å². The van der Waals surface area contributed by atoms with Crippen molar-refractivity contribution in [3.8, 4) is 0 Å². The minimum atomic E-state index is -0.779. The molecule has 1 fully saturated rings. The lowest BCUT2D eigenvalue weighted by Crippen LogP contribution is -2.32. The molecular formula is C21H25F2N3O. The number of amides is 1. The molecule has 27 heavy (non-hydrogen) atoms. The molecule has 1 heterocycles. The van der Waals surface area contributed by atoms with Crippen molar-refractivity contribution in [3.05, 3.63) is 54.1 Å². The van der Waals surface area contributed by atoms with E-state index in [1.807, 2.05) is 12.1 Å². The summed E-state index contributed by atoms with van der Waals surface area (Å²) in [7, 11) is 0. The van der Waals surface area contributed by atoms with Crippen molar-refractivity contribution in [3.63, 3.8) is 0 Å². The van der Waals surface area contributed by atoms with Gasteiger partial charge in [-0.1, -0.05) is 13.0 Å². The maximum absolute atomic E-state index is 13.5. The van der Waals surface area contributed by atoms with Gasteiger partial charge in [-0.2, -0.15) is 0 Å². The number of carbonyl (C=O) groups is 1. The second-order valence-corrected chi connectivity index (χ2v) is 7.04. The van der Waals surface area contributed by atoms with E-state index in [2.05, 4.69) is 34.6 Å². The minimum Gasteiger partial charge on any atom is -0.385 e. The predicted octanol–water partition coefficient (Wildman–Crippen LogP) is 4.64. The molecule has 0 unspecified atom stereocenters. The molecule has 0 aromatic heterocycles. The molecule has 0 atom stereocenters. The van der Waals surface area contributed by atoms with Crippen LogP contribution in [0.15, 0.2) is 42.5 Å². The first-order valence-corrected chi connectivity index (χ1v) is 9.35. The lowest BCUT2D eigenvalue weighted by atomic mass is 9.99. The zero-order chi connectivity index (χ0) is 19.2. The van der Waals surface area contributed by atoms with Crippen molar-refractivity contribution in [1.29, 1.82) is 0 Å². The predicted molar refractivity (Wildman–Crippen MR) is 105 cm³/mol. The highest BCUT2D eigenvalue weighted by atomic mass is 19.1. The van der Waals surface area contributed by atoms with Crippen LogP contribution in [0.5, 0.6) is 0 Å². The van der Waals surface area contributed by atoms with Crippen molar-refractivity contribution in [1.82, 2.24) is 0 Å². The van der Waals surface area contributed by atoms with E-state index < -0.39 is 23.2 Å². The number of piperidine rings is 1. The normalized spacial score (nSPS) is 14.9. The average Bonchev–Trinajstić information content (AvgIpc) is 2.66. The Hall–Kier alpha value is -2.63. The summed E-state index contributed by atoms with van der Waals surface area (Å²) in [4.78, 5) is 14.3. The second-order valence-electron chi connectivity index (χ2n) is 7.04. The van der Waals surface area contributed by atoms with Gasteiger partial charge < -0.3 is 15.5 Å². The zero-order valence-corrected chi connectivity index (χ0v) is 15.5. The fourth-order valence-electron chi connectivity index (χ4n) is 3.20. The third-order valence-corrected chi connectivity index (χ3v) is 4.92. The first kappa shape index (κ1) is 19.1. The van der Waals surface area contributed by atoms with E-state index in [1.54, 1.807) is 0 Å². The number of para-hydroxylation sites is 1. The first-order chi connectivity index (χ1) is 13.0. The van der Waals surface area contributed by atoms with E-state index in [0.29, 0.717) is 6.54 Å². The fourth-order valence-corrected chi connectivity index (χ4v) is 3.20. The standard InChI is InChI=1S/C21H25F2N3O/c1-15-10-13-26(14-11-15)17-7-5-16(6-8-17)24-12-9-20(27)25-21-18(22)3-2-4-19(21)23/h2-8,15,24H,9-14H2,1H3,(H,25,27). The molecule has 1 amide bonds. The Bertz CT molecular complexity index is 751. The van der Waals surface area contributed by atoms with Gasteiger partial charge in [0.2, 0.25) is 5.91 Å². The van der Waals surface area contributed by atoms with Crippen molar-refractivity contribution < 1.29 is 13.6 Å². The number of anilines is 3. The molecule has 2 aromatic rings. The molecule has 1 saturated heterocycles. The maximum atomic E-state index is 13.5. The molecule has 0 aliphatic carbocycles. The summed E-state index contributed by atoms with van der Waals surface area (Å²) in [6, 6.07) is 11.6. The number of halogens is 2. The van der Waals surface area contributed by atoms with Gasteiger partial charge in [-0.15, -0.1) is 0 Å². The van der Waals surface area contributed by atoms with Crippen molar-refractivity contribution >= 4 is 23.0 Å². The van der Waals surface area contributed by atoms with Crippen LogP contribution in [0.1, 0.15) is 26.2 Å². The van der Waals surface area contributed by atoms with Gasteiger partial charge >= 0.3 is 0 Å². The third kappa shape index (κ3) is 5.18. The Balaban J connectivity index is 1.45. The van der Waals surface area contributed by atoms with Crippen LogP contribution in [-0.4, -0.2) is 25.5 Å². The molecule has 1 aliphatic heterocycles. The van der Waals surface area contributed by atoms with E-state index >= 15 is 0 Å². The van der Waals surface area contributed by atoms with Crippen LogP contribution in [0.4, 0.5) is 25.8 Å². The van der Waals surface area contributed by atoms with Crippen LogP contribution in [0.2, 0.25) is 0 Å². The zero-order valence-electron chi connectivity index (χ0n) is 15.5. The molecule has 2 aromatic carbocycles. The van der Waals surface area contributed by atoms with Gasteiger partial charge in [0, 0.05) is 37.4 Å². The van der Waals surface area contributed by atoms with Gasteiger partial charge in [0.05, 0.1) is 0 Å². The number of rotatable bonds is 6. The summed E-state index contributed by atoms with van der Waals surface area (Å²) in [5.74, 6) is -1.20. The number of hydrogen-bond acceptors (Lipinski definition) is 3. The van der Waals surface area contributed by atoms with E-state index in [-0.39, 0.29) is 6.42 Å². The van der Waals surface area contributed by atoms with Crippen molar-refractivity contribution in [2.24, 2.45) is 5.92 Å². The van der Waals surface area contributed by atoms with Crippen LogP contribution in [0.3, 0.4) is 0 Å². The van der Waals surface area contributed by atoms with Gasteiger partial charge in [-0.3, -0.25) is 4.79 Å². The third-order valence-electron chi connectivity index (χ3n) is 4.92. The van der Waals surface area contributed by atoms with Crippen LogP contribution in [0.25, 0.3) is 0 Å². The van der Waals surface area contributed by atoms with Crippen molar-refractivity contribution in [2.45, 2.75) is 26.2 Å². The summed E-state index contributed by atoms with van der Waals surface area (Å²) in [5.41, 5.74) is 1.72. The van der Waals surface area contributed by atoms with Crippen LogP contribution < -0.4 is 15.5 Å². The molecule has 4 nitrogen and oxygen atoms in total. The second kappa shape index (κ2) is 8.84. The number of carbonyl (C=O) groups excluding carboxylic acids is 1. The molecule has 6 heteroatoms. The monoisotopic (exact) mass is 373 g/mol. The van der Waals surface area contributed by atoms with Gasteiger partial charge in [-0.25, -0.2) is 8.78 Å². The van der Waals surface area contributed by atoms with Crippen LogP contribution in [-0.2, 0) is 4.79 Å². The fraction of sp³-hybridized carbons (Fsp3) is 0.381. The summed E-state index contributed by atoms with van der Waals surface area (Å²) in [6.45, 7) is 4.84.